The molecule has 0 bridgehead atoms. The summed E-state index contributed by atoms with van der Waals surface area (Å²) >= 11 is 11.9. The molecule has 0 saturated carbocycles. The highest BCUT2D eigenvalue weighted by Gasteiger charge is 2.19. The lowest BCUT2D eigenvalue weighted by Gasteiger charge is -2.10. The fraction of sp³-hybridized carbons (Fsp3) is 0.133. The zero-order valence-electron chi connectivity index (χ0n) is 12.0. The molecule has 8 heteroatoms. The highest BCUT2D eigenvalue weighted by molar-refractivity contribution is 7.89. The highest BCUT2D eigenvalue weighted by Crippen LogP contribution is 2.22. The molecule has 1 N–H and O–H groups in total. The van der Waals surface area contributed by atoms with E-state index < -0.39 is 16.0 Å². The van der Waals surface area contributed by atoms with Crippen molar-refractivity contribution in [2.24, 2.45) is 0 Å². The molecule has 23 heavy (non-hydrogen) atoms. The molecule has 0 saturated heterocycles. The molecule has 0 aliphatic heterocycles. The summed E-state index contributed by atoms with van der Waals surface area (Å²) in [6.07, 6.45) is 0. The van der Waals surface area contributed by atoms with Gasteiger partial charge in [0.25, 0.3) is 0 Å². The van der Waals surface area contributed by atoms with E-state index in [9.17, 15) is 13.2 Å². The van der Waals surface area contributed by atoms with Gasteiger partial charge in [-0.25, -0.2) is 17.9 Å². The first-order valence-electron chi connectivity index (χ1n) is 6.46. The molecule has 0 atom stereocenters. The normalized spacial score (nSPS) is 11.3. The maximum atomic E-state index is 12.3. The average molecular weight is 374 g/mol. The molecule has 2 aromatic carbocycles. The van der Waals surface area contributed by atoms with Gasteiger partial charge < -0.3 is 4.74 Å². The summed E-state index contributed by atoms with van der Waals surface area (Å²) < 4.78 is 31.7. The predicted molar refractivity (Wildman–Crippen MR) is 88.3 cm³/mol. The van der Waals surface area contributed by atoms with Gasteiger partial charge in [-0.05, 0) is 29.8 Å². The first-order chi connectivity index (χ1) is 10.8. The van der Waals surface area contributed by atoms with Crippen LogP contribution in [0.5, 0.6) is 0 Å². The number of rotatable bonds is 5. The second-order valence-electron chi connectivity index (χ2n) is 4.55. The second-order valence-corrected chi connectivity index (χ2v) is 7.13. The van der Waals surface area contributed by atoms with Crippen molar-refractivity contribution in [1.82, 2.24) is 4.72 Å². The van der Waals surface area contributed by atoms with Crippen molar-refractivity contribution < 1.29 is 17.9 Å². The molecule has 122 valence electrons. The first kappa shape index (κ1) is 17.7. The van der Waals surface area contributed by atoms with Crippen LogP contribution in [0.2, 0.25) is 10.0 Å². The Morgan fingerprint density at radius 1 is 1.13 bits per heavy atom. The summed E-state index contributed by atoms with van der Waals surface area (Å²) in [6, 6.07) is 10.7. The zero-order chi connectivity index (χ0) is 17.0. The van der Waals surface area contributed by atoms with E-state index in [0.29, 0.717) is 10.6 Å². The Bertz CT molecular complexity index is 837. The number of methoxy groups -OCH3 is 1. The molecule has 0 fully saturated rings. The van der Waals surface area contributed by atoms with E-state index in [1.54, 1.807) is 24.3 Å². The van der Waals surface area contributed by atoms with Crippen LogP contribution in [0.25, 0.3) is 0 Å². The minimum absolute atomic E-state index is 0.0187. The Balaban J connectivity index is 2.26. The van der Waals surface area contributed by atoms with E-state index in [0.717, 1.165) is 0 Å². The fourth-order valence-electron chi connectivity index (χ4n) is 1.84. The molecule has 0 aliphatic carbocycles. The molecule has 0 amide bonds. The minimum Gasteiger partial charge on any atom is -0.465 e. The Morgan fingerprint density at radius 3 is 2.48 bits per heavy atom. The van der Waals surface area contributed by atoms with Crippen molar-refractivity contribution in [1.29, 1.82) is 0 Å². The number of halogens is 2. The third kappa shape index (κ3) is 4.23. The fourth-order valence-corrected chi connectivity index (χ4v) is 3.27. The molecule has 2 aromatic rings. The van der Waals surface area contributed by atoms with Crippen molar-refractivity contribution in [2.45, 2.75) is 11.4 Å². The zero-order valence-corrected chi connectivity index (χ0v) is 14.4. The van der Waals surface area contributed by atoms with E-state index in [1.165, 1.54) is 25.3 Å². The summed E-state index contributed by atoms with van der Waals surface area (Å²) in [6.45, 7) is 0.0260. The number of ether oxygens (including phenoxy) is 1. The van der Waals surface area contributed by atoms with Gasteiger partial charge in [0.1, 0.15) is 0 Å². The molecule has 0 heterocycles. The van der Waals surface area contributed by atoms with E-state index >= 15 is 0 Å². The maximum Gasteiger partial charge on any atom is 0.339 e. The van der Waals surface area contributed by atoms with Crippen LogP contribution in [-0.2, 0) is 21.3 Å². The summed E-state index contributed by atoms with van der Waals surface area (Å²) in [4.78, 5) is 11.5. The van der Waals surface area contributed by atoms with Crippen LogP contribution in [0.15, 0.2) is 47.4 Å². The van der Waals surface area contributed by atoms with Crippen molar-refractivity contribution >= 4 is 39.2 Å². The van der Waals surface area contributed by atoms with Gasteiger partial charge in [-0.2, -0.15) is 0 Å². The van der Waals surface area contributed by atoms with Crippen LogP contribution in [0.1, 0.15) is 15.9 Å². The molecule has 0 aliphatic rings. The summed E-state index contributed by atoms with van der Waals surface area (Å²) in [7, 11) is -2.64. The monoisotopic (exact) mass is 373 g/mol. The third-order valence-corrected chi connectivity index (χ3v) is 5.16. The molecule has 5 nitrogen and oxygen atoms in total. The molecule has 0 aromatic heterocycles. The number of nitrogens with one attached hydrogen (secondary N) is 1. The van der Waals surface area contributed by atoms with Crippen LogP contribution in [0.3, 0.4) is 0 Å². The molecule has 0 radical (unpaired) electrons. The van der Waals surface area contributed by atoms with E-state index in [1.807, 2.05) is 0 Å². The van der Waals surface area contributed by atoms with Crippen LogP contribution >= 0.6 is 23.2 Å². The standard InChI is InChI=1S/C15H13Cl2NO4S/c1-22-15(19)12-8-11(6-7-14(12)17)23(20,21)18-9-10-4-2-3-5-13(10)16/h2-8,18H,9H2,1H3. The Morgan fingerprint density at radius 2 is 1.83 bits per heavy atom. The smallest absolute Gasteiger partial charge is 0.339 e. The van der Waals surface area contributed by atoms with Crippen LogP contribution in [0.4, 0.5) is 0 Å². The SMILES string of the molecule is COC(=O)c1cc(S(=O)(=O)NCc2ccccc2Cl)ccc1Cl. The summed E-state index contributed by atoms with van der Waals surface area (Å²) in [5.41, 5.74) is 0.620. The largest absolute Gasteiger partial charge is 0.465 e. The highest BCUT2D eigenvalue weighted by atomic mass is 35.5. The molecular formula is C15H13Cl2NO4S. The van der Waals surface area contributed by atoms with Crippen molar-refractivity contribution in [3.8, 4) is 0 Å². The van der Waals surface area contributed by atoms with Gasteiger partial charge in [0, 0.05) is 11.6 Å². The summed E-state index contributed by atoms with van der Waals surface area (Å²) in [5, 5.41) is 0.573. The quantitative estimate of drug-likeness (QED) is 0.816. The van der Waals surface area contributed by atoms with Gasteiger partial charge in [-0.15, -0.1) is 0 Å². The van der Waals surface area contributed by atoms with Gasteiger partial charge >= 0.3 is 5.97 Å². The van der Waals surface area contributed by atoms with Crippen molar-refractivity contribution in [2.75, 3.05) is 7.11 Å². The predicted octanol–water partition coefficient (Wildman–Crippen LogP) is 3.26. The number of carbonyl (C=O) groups is 1. The van der Waals surface area contributed by atoms with Crippen LogP contribution < -0.4 is 4.72 Å². The molecule has 0 spiro atoms. The van der Waals surface area contributed by atoms with E-state index in [2.05, 4.69) is 9.46 Å². The lowest BCUT2D eigenvalue weighted by molar-refractivity contribution is 0.0600. The molecule has 0 unspecified atom stereocenters. The minimum atomic E-state index is -3.83. The topological polar surface area (TPSA) is 72.5 Å². The molecule has 2 rings (SSSR count). The number of hydrogen-bond acceptors (Lipinski definition) is 4. The van der Waals surface area contributed by atoms with E-state index in [4.69, 9.17) is 23.2 Å². The van der Waals surface area contributed by atoms with Crippen molar-refractivity contribution in [3.05, 3.63) is 63.6 Å². The van der Waals surface area contributed by atoms with Gasteiger partial charge in [-0.1, -0.05) is 41.4 Å². The Hall–Kier alpha value is -1.60. The van der Waals surface area contributed by atoms with Gasteiger partial charge in [0.05, 0.1) is 22.6 Å². The van der Waals surface area contributed by atoms with Crippen LogP contribution in [-0.4, -0.2) is 21.5 Å². The first-order valence-corrected chi connectivity index (χ1v) is 8.70. The van der Waals surface area contributed by atoms with Gasteiger partial charge in [0.15, 0.2) is 0 Å². The van der Waals surface area contributed by atoms with Gasteiger partial charge in [0.2, 0.25) is 10.0 Å². The van der Waals surface area contributed by atoms with Crippen LogP contribution in [0, 0.1) is 0 Å². The lowest BCUT2D eigenvalue weighted by Crippen LogP contribution is -2.23. The lowest BCUT2D eigenvalue weighted by atomic mass is 10.2. The number of benzene rings is 2. The number of sulfonamides is 1. The number of hydrogen-bond donors (Lipinski definition) is 1. The Labute approximate surface area is 144 Å². The number of carbonyl (C=O) groups excluding carboxylic acids is 1. The third-order valence-electron chi connectivity index (χ3n) is 3.06. The summed E-state index contributed by atoms with van der Waals surface area (Å²) in [5.74, 6) is -0.710. The maximum absolute atomic E-state index is 12.3. The second kappa shape index (κ2) is 7.31. The number of esters is 1. The van der Waals surface area contributed by atoms with Gasteiger partial charge in [-0.3, -0.25) is 0 Å². The average Bonchev–Trinajstić information content (AvgIpc) is 2.53. The molecular weight excluding hydrogens is 361 g/mol. The Kier molecular flexibility index (Phi) is 5.64. The van der Waals surface area contributed by atoms with E-state index in [-0.39, 0.29) is 22.0 Å². The van der Waals surface area contributed by atoms with Crippen molar-refractivity contribution in [3.63, 3.8) is 0 Å².